The van der Waals surface area contributed by atoms with E-state index < -0.39 is 11.7 Å². The lowest BCUT2D eigenvalue weighted by molar-refractivity contribution is -0.129. The van der Waals surface area contributed by atoms with Gasteiger partial charge in [0.05, 0.1) is 11.2 Å². The van der Waals surface area contributed by atoms with Crippen LogP contribution in [0.1, 0.15) is 54.9 Å². The van der Waals surface area contributed by atoms with Crippen LogP contribution in [0.15, 0.2) is 11.5 Å². The Labute approximate surface area is 156 Å². The van der Waals surface area contributed by atoms with Crippen LogP contribution in [0.4, 0.5) is 4.79 Å². The van der Waals surface area contributed by atoms with Crippen molar-refractivity contribution in [2.45, 2.75) is 71.7 Å². The number of amides is 2. The second-order valence-corrected chi connectivity index (χ2v) is 8.81. The number of carbonyl (C=O) groups excluding carboxylic acids is 2. The highest BCUT2D eigenvalue weighted by molar-refractivity contribution is 6.54. The van der Waals surface area contributed by atoms with Crippen LogP contribution in [0.3, 0.4) is 0 Å². The number of hydrogen-bond acceptors (Lipinski definition) is 5. The number of ether oxygens (including phenoxy) is 1. The van der Waals surface area contributed by atoms with Crippen molar-refractivity contribution >= 4 is 19.1 Å². The fourth-order valence-corrected chi connectivity index (χ4v) is 2.69. The molecular weight excluding hydrogens is 335 g/mol. The van der Waals surface area contributed by atoms with Crippen molar-refractivity contribution in [2.75, 3.05) is 19.6 Å². The molecule has 0 aromatic carbocycles. The van der Waals surface area contributed by atoms with Gasteiger partial charge in [0, 0.05) is 13.1 Å². The van der Waals surface area contributed by atoms with Gasteiger partial charge in [0.2, 0.25) is 5.91 Å². The minimum Gasteiger partial charge on any atom is -0.444 e. The fourth-order valence-electron chi connectivity index (χ4n) is 2.69. The van der Waals surface area contributed by atoms with Crippen LogP contribution < -0.4 is 5.32 Å². The van der Waals surface area contributed by atoms with Gasteiger partial charge < -0.3 is 24.3 Å². The lowest BCUT2D eigenvalue weighted by atomic mass is 9.75. The maximum absolute atomic E-state index is 12.3. The number of rotatable bonds is 3. The van der Waals surface area contributed by atoms with Crippen molar-refractivity contribution in [3.8, 4) is 0 Å². The third-order valence-corrected chi connectivity index (χ3v) is 4.94. The Hall–Kier alpha value is -1.54. The minimum atomic E-state index is -0.587. The number of nitrogens with one attached hydrogen (secondary N) is 1. The van der Waals surface area contributed by atoms with Gasteiger partial charge in [-0.2, -0.15) is 0 Å². The van der Waals surface area contributed by atoms with Crippen molar-refractivity contribution in [3.05, 3.63) is 11.5 Å². The summed E-state index contributed by atoms with van der Waals surface area (Å²) in [6, 6.07) is 0. The molecule has 1 saturated heterocycles. The molecule has 2 aliphatic heterocycles. The van der Waals surface area contributed by atoms with E-state index in [9.17, 15) is 9.59 Å². The molecule has 26 heavy (non-hydrogen) atoms. The quantitative estimate of drug-likeness (QED) is 0.776. The summed E-state index contributed by atoms with van der Waals surface area (Å²) in [7, 11) is -0.364. The highest BCUT2D eigenvalue weighted by Crippen LogP contribution is 2.39. The lowest BCUT2D eigenvalue weighted by Crippen LogP contribution is -2.44. The SMILES string of the molecule is CC(C)(C)OC(=O)NCC(=O)N1CC=C(B2OC(C)(C)C(C)(C)O2)CC1. The van der Waals surface area contributed by atoms with Gasteiger partial charge in [0.15, 0.2) is 0 Å². The van der Waals surface area contributed by atoms with E-state index in [-0.39, 0.29) is 30.8 Å². The summed E-state index contributed by atoms with van der Waals surface area (Å²) in [5, 5.41) is 2.50. The Morgan fingerprint density at radius 1 is 1.23 bits per heavy atom. The normalized spacial score (nSPS) is 22.0. The molecule has 2 rings (SSSR count). The van der Waals surface area contributed by atoms with Crippen LogP contribution in [0, 0.1) is 0 Å². The van der Waals surface area contributed by atoms with E-state index in [1.165, 1.54) is 0 Å². The number of hydrogen-bond donors (Lipinski definition) is 1. The van der Waals surface area contributed by atoms with Gasteiger partial charge >= 0.3 is 13.2 Å². The van der Waals surface area contributed by atoms with E-state index >= 15 is 0 Å². The van der Waals surface area contributed by atoms with Crippen molar-refractivity contribution in [1.29, 1.82) is 0 Å². The van der Waals surface area contributed by atoms with Crippen molar-refractivity contribution in [1.82, 2.24) is 10.2 Å². The van der Waals surface area contributed by atoms with Crippen molar-refractivity contribution < 1.29 is 23.6 Å². The average Bonchev–Trinajstić information content (AvgIpc) is 2.71. The van der Waals surface area contributed by atoms with E-state index in [0.717, 1.165) is 5.47 Å². The maximum atomic E-state index is 12.3. The number of carbonyl (C=O) groups is 2. The monoisotopic (exact) mass is 366 g/mol. The Morgan fingerprint density at radius 2 is 1.81 bits per heavy atom. The molecule has 0 atom stereocenters. The zero-order valence-electron chi connectivity index (χ0n) is 17.0. The van der Waals surface area contributed by atoms with Gasteiger partial charge in [0.1, 0.15) is 12.1 Å². The van der Waals surface area contributed by atoms with Gasteiger partial charge in [-0.05, 0) is 60.4 Å². The average molecular weight is 366 g/mol. The molecular formula is C18H31BN2O5. The van der Waals surface area contributed by atoms with Gasteiger partial charge in [-0.1, -0.05) is 6.08 Å². The van der Waals surface area contributed by atoms with Crippen LogP contribution >= 0.6 is 0 Å². The molecule has 1 N–H and O–H groups in total. The smallest absolute Gasteiger partial charge is 0.444 e. The second-order valence-electron chi connectivity index (χ2n) is 8.81. The minimum absolute atomic E-state index is 0.0748. The zero-order chi connectivity index (χ0) is 19.8. The Morgan fingerprint density at radius 3 is 2.27 bits per heavy atom. The summed E-state index contributed by atoms with van der Waals surface area (Å²) in [6.07, 6.45) is 2.09. The molecule has 1 fully saturated rings. The van der Waals surface area contributed by atoms with E-state index in [4.69, 9.17) is 14.0 Å². The Kier molecular flexibility index (Phi) is 5.78. The lowest BCUT2D eigenvalue weighted by Gasteiger charge is -2.32. The highest BCUT2D eigenvalue weighted by Gasteiger charge is 2.52. The standard InChI is InChI=1S/C18H31BN2O5/c1-16(2,3)24-15(23)20-12-14(22)21-10-8-13(9-11-21)19-25-17(4,5)18(6,7)26-19/h8H,9-12H2,1-7H3,(H,20,23). The fraction of sp³-hybridized carbons (Fsp3) is 0.778. The van der Waals surface area contributed by atoms with Crippen LogP contribution in [0.25, 0.3) is 0 Å². The van der Waals surface area contributed by atoms with Gasteiger partial charge in [0.25, 0.3) is 0 Å². The topological polar surface area (TPSA) is 77.1 Å². The second kappa shape index (κ2) is 7.23. The molecule has 0 saturated carbocycles. The summed E-state index contributed by atoms with van der Waals surface area (Å²) in [5.74, 6) is -0.139. The summed E-state index contributed by atoms with van der Waals surface area (Å²) >= 11 is 0. The van der Waals surface area contributed by atoms with Crippen molar-refractivity contribution in [3.63, 3.8) is 0 Å². The molecule has 2 amide bonds. The summed E-state index contributed by atoms with van der Waals surface area (Å²) in [4.78, 5) is 25.6. The molecule has 0 spiro atoms. The molecule has 0 aliphatic carbocycles. The summed E-state index contributed by atoms with van der Waals surface area (Å²) < 4.78 is 17.2. The predicted molar refractivity (Wildman–Crippen MR) is 99.6 cm³/mol. The van der Waals surface area contributed by atoms with Crippen LogP contribution in [-0.4, -0.2) is 60.5 Å². The van der Waals surface area contributed by atoms with E-state index in [1.54, 1.807) is 25.7 Å². The number of alkyl carbamates (subject to hydrolysis) is 1. The maximum Gasteiger partial charge on any atom is 0.490 e. The van der Waals surface area contributed by atoms with E-state index in [1.807, 2.05) is 33.8 Å². The zero-order valence-corrected chi connectivity index (χ0v) is 17.0. The summed E-state index contributed by atoms with van der Waals surface area (Å²) in [6.45, 7) is 14.4. The molecule has 0 bridgehead atoms. The molecule has 0 unspecified atom stereocenters. The van der Waals surface area contributed by atoms with Gasteiger partial charge in [-0.15, -0.1) is 0 Å². The first-order chi connectivity index (χ1) is 11.8. The Balaban J connectivity index is 1.84. The van der Waals surface area contributed by atoms with Gasteiger partial charge in [-0.25, -0.2) is 4.79 Å². The molecule has 0 aromatic heterocycles. The first-order valence-corrected chi connectivity index (χ1v) is 9.10. The molecule has 2 heterocycles. The van der Waals surface area contributed by atoms with E-state index in [2.05, 4.69) is 5.32 Å². The molecule has 2 aliphatic rings. The Bertz CT molecular complexity index is 579. The van der Waals surface area contributed by atoms with E-state index in [0.29, 0.717) is 19.5 Å². The first kappa shape index (κ1) is 20.8. The molecule has 146 valence electrons. The largest absolute Gasteiger partial charge is 0.490 e. The summed E-state index contributed by atoms with van der Waals surface area (Å²) in [5.41, 5.74) is -0.266. The third-order valence-electron chi connectivity index (χ3n) is 4.94. The molecule has 0 aromatic rings. The van der Waals surface area contributed by atoms with Gasteiger partial charge in [-0.3, -0.25) is 4.79 Å². The highest BCUT2D eigenvalue weighted by atomic mass is 16.7. The predicted octanol–water partition coefficient (Wildman–Crippen LogP) is 2.30. The van der Waals surface area contributed by atoms with Crippen LogP contribution in [0.2, 0.25) is 0 Å². The molecule has 8 heteroatoms. The molecule has 7 nitrogen and oxygen atoms in total. The number of nitrogens with zero attached hydrogens (tertiary/aromatic N) is 1. The van der Waals surface area contributed by atoms with Crippen molar-refractivity contribution in [2.24, 2.45) is 0 Å². The van der Waals surface area contributed by atoms with Crippen LogP contribution in [-0.2, 0) is 18.8 Å². The first-order valence-electron chi connectivity index (χ1n) is 9.10. The van der Waals surface area contributed by atoms with Crippen LogP contribution in [0.5, 0.6) is 0 Å². The molecule has 0 radical (unpaired) electrons. The third kappa shape index (κ3) is 5.01.